The van der Waals surface area contributed by atoms with Gasteiger partial charge in [-0.1, -0.05) is 29.3 Å². The standard InChI is InChI=1S/C21H17Cl2N3O3/c22-17-7-5-14(12-16(17)19-3-1-2-8-24-19)26-21(29)15-6-4-13(11-18(15)23)20(28)25-9-10-27/h1-8,11-12,27H,9-10H2,(H,25,28)(H,26,29). The Labute approximate surface area is 177 Å². The third-order valence-corrected chi connectivity index (χ3v) is 4.68. The van der Waals surface area contributed by atoms with E-state index >= 15 is 0 Å². The molecule has 0 spiro atoms. The molecule has 3 rings (SSSR count). The fourth-order valence-electron chi connectivity index (χ4n) is 2.63. The second-order valence-corrected chi connectivity index (χ2v) is 6.85. The normalized spacial score (nSPS) is 10.4. The van der Waals surface area contributed by atoms with Crippen LogP contribution < -0.4 is 10.6 Å². The van der Waals surface area contributed by atoms with Crippen LogP contribution in [0.2, 0.25) is 10.0 Å². The first-order valence-electron chi connectivity index (χ1n) is 8.70. The molecule has 0 atom stereocenters. The van der Waals surface area contributed by atoms with E-state index < -0.39 is 5.91 Å². The summed E-state index contributed by atoms with van der Waals surface area (Å²) >= 11 is 12.5. The van der Waals surface area contributed by atoms with Gasteiger partial charge in [0.25, 0.3) is 11.8 Å². The molecular weight excluding hydrogens is 413 g/mol. The van der Waals surface area contributed by atoms with Gasteiger partial charge in [0.2, 0.25) is 0 Å². The van der Waals surface area contributed by atoms with Gasteiger partial charge in [-0.05, 0) is 48.5 Å². The maximum absolute atomic E-state index is 12.6. The number of hydrogen-bond donors (Lipinski definition) is 3. The average molecular weight is 430 g/mol. The summed E-state index contributed by atoms with van der Waals surface area (Å²) in [6, 6.07) is 14.9. The Morgan fingerprint density at radius 1 is 0.966 bits per heavy atom. The van der Waals surface area contributed by atoms with Gasteiger partial charge in [0.05, 0.1) is 27.9 Å². The van der Waals surface area contributed by atoms with Crippen LogP contribution in [0.4, 0.5) is 5.69 Å². The van der Waals surface area contributed by atoms with Crippen molar-refractivity contribution in [2.24, 2.45) is 0 Å². The molecule has 1 aromatic heterocycles. The molecule has 2 amide bonds. The van der Waals surface area contributed by atoms with E-state index in [0.717, 1.165) is 0 Å². The van der Waals surface area contributed by atoms with E-state index in [-0.39, 0.29) is 29.6 Å². The molecule has 1 heterocycles. The van der Waals surface area contributed by atoms with Crippen molar-refractivity contribution in [2.45, 2.75) is 0 Å². The highest BCUT2D eigenvalue weighted by atomic mass is 35.5. The molecule has 6 nitrogen and oxygen atoms in total. The van der Waals surface area contributed by atoms with Crippen LogP contribution in [0, 0.1) is 0 Å². The molecular formula is C21H17Cl2N3O3. The molecule has 3 aromatic rings. The molecule has 0 radical (unpaired) electrons. The van der Waals surface area contributed by atoms with Gasteiger partial charge in [-0.15, -0.1) is 0 Å². The molecule has 8 heteroatoms. The number of aromatic nitrogens is 1. The Bertz CT molecular complexity index is 1040. The lowest BCUT2D eigenvalue weighted by Gasteiger charge is -2.11. The summed E-state index contributed by atoms with van der Waals surface area (Å²) in [4.78, 5) is 28.9. The zero-order valence-electron chi connectivity index (χ0n) is 15.2. The van der Waals surface area contributed by atoms with Gasteiger partial charge < -0.3 is 15.7 Å². The fraction of sp³-hybridized carbons (Fsp3) is 0.0952. The molecule has 0 aliphatic carbocycles. The van der Waals surface area contributed by atoms with Gasteiger partial charge in [0.15, 0.2) is 0 Å². The van der Waals surface area contributed by atoms with Crippen LogP contribution in [0.5, 0.6) is 0 Å². The molecule has 0 unspecified atom stereocenters. The Morgan fingerprint density at radius 2 is 1.79 bits per heavy atom. The van der Waals surface area contributed by atoms with E-state index in [1.54, 1.807) is 30.5 Å². The number of benzene rings is 2. The molecule has 0 fully saturated rings. The van der Waals surface area contributed by atoms with Crippen molar-refractivity contribution in [3.8, 4) is 11.3 Å². The lowest BCUT2D eigenvalue weighted by atomic mass is 10.1. The van der Waals surface area contributed by atoms with Crippen molar-refractivity contribution >= 4 is 40.7 Å². The van der Waals surface area contributed by atoms with E-state index in [2.05, 4.69) is 15.6 Å². The summed E-state index contributed by atoms with van der Waals surface area (Å²) in [5.41, 5.74) is 2.42. The second kappa shape index (κ2) is 9.52. The van der Waals surface area contributed by atoms with Crippen LogP contribution in [0.1, 0.15) is 20.7 Å². The first-order valence-corrected chi connectivity index (χ1v) is 9.46. The van der Waals surface area contributed by atoms with E-state index in [1.807, 2.05) is 12.1 Å². The number of hydrogen-bond acceptors (Lipinski definition) is 4. The first-order chi connectivity index (χ1) is 14.0. The smallest absolute Gasteiger partial charge is 0.257 e. The number of amides is 2. The van der Waals surface area contributed by atoms with Gasteiger partial charge in [0, 0.05) is 29.6 Å². The fourth-order valence-corrected chi connectivity index (χ4v) is 3.11. The van der Waals surface area contributed by atoms with Crippen molar-refractivity contribution < 1.29 is 14.7 Å². The highest BCUT2D eigenvalue weighted by molar-refractivity contribution is 6.35. The number of pyridine rings is 1. The van der Waals surface area contributed by atoms with Crippen LogP contribution >= 0.6 is 23.2 Å². The molecule has 148 valence electrons. The van der Waals surface area contributed by atoms with E-state index in [0.29, 0.717) is 27.5 Å². The van der Waals surface area contributed by atoms with Gasteiger partial charge in [-0.25, -0.2) is 0 Å². The molecule has 0 saturated carbocycles. The third-order valence-electron chi connectivity index (χ3n) is 4.04. The minimum absolute atomic E-state index is 0.133. The Hall–Kier alpha value is -2.93. The van der Waals surface area contributed by atoms with Gasteiger partial charge in [-0.2, -0.15) is 0 Å². The van der Waals surface area contributed by atoms with Crippen LogP contribution in [0.25, 0.3) is 11.3 Å². The van der Waals surface area contributed by atoms with E-state index in [4.69, 9.17) is 28.3 Å². The lowest BCUT2D eigenvalue weighted by Crippen LogP contribution is -2.26. The number of aliphatic hydroxyl groups is 1. The quantitative estimate of drug-likeness (QED) is 0.551. The zero-order chi connectivity index (χ0) is 20.8. The molecule has 0 bridgehead atoms. The van der Waals surface area contributed by atoms with Crippen molar-refractivity contribution in [3.05, 3.63) is 82.0 Å². The predicted octanol–water partition coefficient (Wildman–Crippen LogP) is 4.03. The molecule has 0 saturated heterocycles. The third kappa shape index (κ3) is 5.12. The summed E-state index contributed by atoms with van der Waals surface area (Å²) in [7, 11) is 0. The number of rotatable bonds is 6. The predicted molar refractivity (Wildman–Crippen MR) is 114 cm³/mol. The number of halogens is 2. The van der Waals surface area contributed by atoms with Crippen molar-refractivity contribution in [1.82, 2.24) is 10.3 Å². The number of anilines is 1. The summed E-state index contributed by atoms with van der Waals surface area (Å²) < 4.78 is 0. The highest BCUT2D eigenvalue weighted by Crippen LogP contribution is 2.29. The van der Waals surface area contributed by atoms with Crippen molar-refractivity contribution in [3.63, 3.8) is 0 Å². The number of carbonyl (C=O) groups is 2. The van der Waals surface area contributed by atoms with Crippen LogP contribution in [-0.4, -0.2) is 35.1 Å². The monoisotopic (exact) mass is 429 g/mol. The van der Waals surface area contributed by atoms with Crippen LogP contribution in [-0.2, 0) is 0 Å². The molecule has 3 N–H and O–H groups in total. The summed E-state index contributed by atoms with van der Waals surface area (Å²) in [5, 5.41) is 14.7. The van der Waals surface area contributed by atoms with Crippen LogP contribution in [0.15, 0.2) is 60.8 Å². The number of aliphatic hydroxyl groups excluding tert-OH is 1. The first kappa shape index (κ1) is 20.8. The van der Waals surface area contributed by atoms with E-state index in [9.17, 15) is 9.59 Å². The van der Waals surface area contributed by atoms with Gasteiger partial charge in [0.1, 0.15) is 0 Å². The lowest BCUT2D eigenvalue weighted by molar-refractivity contribution is 0.0943. The minimum atomic E-state index is -0.424. The minimum Gasteiger partial charge on any atom is -0.395 e. The number of nitrogens with zero attached hydrogens (tertiary/aromatic N) is 1. The SMILES string of the molecule is O=C(NCCO)c1ccc(C(=O)Nc2ccc(Cl)c(-c3ccccn3)c2)c(Cl)c1. The van der Waals surface area contributed by atoms with Crippen LogP contribution in [0.3, 0.4) is 0 Å². The van der Waals surface area contributed by atoms with Gasteiger partial charge >= 0.3 is 0 Å². The topological polar surface area (TPSA) is 91.3 Å². The zero-order valence-corrected chi connectivity index (χ0v) is 16.7. The maximum atomic E-state index is 12.6. The largest absolute Gasteiger partial charge is 0.395 e. The highest BCUT2D eigenvalue weighted by Gasteiger charge is 2.15. The van der Waals surface area contributed by atoms with E-state index in [1.165, 1.54) is 18.2 Å². The van der Waals surface area contributed by atoms with Crippen molar-refractivity contribution in [1.29, 1.82) is 0 Å². The number of nitrogens with one attached hydrogen (secondary N) is 2. The Kier molecular flexibility index (Phi) is 6.82. The van der Waals surface area contributed by atoms with Gasteiger partial charge in [-0.3, -0.25) is 14.6 Å². The molecule has 0 aliphatic rings. The second-order valence-electron chi connectivity index (χ2n) is 6.04. The summed E-state index contributed by atoms with van der Waals surface area (Å²) in [6.07, 6.45) is 1.66. The molecule has 29 heavy (non-hydrogen) atoms. The Balaban J connectivity index is 1.79. The Morgan fingerprint density at radius 3 is 2.48 bits per heavy atom. The number of carbonyl (C=O) groups excluding carboxylic acids is 2. The van der Waals surface area contributed by atoms with Crippen molar-refractivity contribution in [2.75, 3.05) is 18.5 Å². The summed E-state index contributed by atoms with van der Waals surface area (Å²) in [6.45, 7) is -0.0323. The average Bonchev–Trinajstić information content (AvgIpc) is 2.73. The molecule has 2 aromatic carbocycles. The molecule has 0 aliphatic heterocycles. The maximum Gasteiger partial charge on any atom is 0.257 e. The summed E-state index contributed by atoms with van der Waals surface area (Å²) in [5.74, 6) is -0.808.